The lowest BCUT2D eigenvalue weighted by molar-refractivity contribution is 0.0950. The molecule has 1 heterocycles. The summed E-state index contributed by atoms with van der Waals surface area (Å²) in [6, 6.07) is 1.42. The van der Waals surface area contributed by atoms with Gasteiger partial charge >= 0.3 is 0 Å². The predicted molar refractivity (Wildman–Crippen MR) is 58.1 cm³/mol. The molecule has 14 heavy (non-hydrogen) atoms. The number of hydrogen-bond acceptors (Lipinski definition) is 4. The lowest BCUT2D eigenvalue weighted by Crippen LogP contribution is -2.28. The molecule has 0 aliphatic heterocycles. The molecule has 0 fully saturated rings. The number of ether oxygens (including phenoxy) is 1. The van der Waals surface area contributed by atoms with Gasteiger partial charge in [0.15, 0.2) is 5.78 Å². The van der Waals surface area contributed by atoms with Crippen molar-refractivity contribution in [3.8, 4) is 0 Å². The van der Waals surface area contributed by atoms with E-state index in [9.17, 15) is 4.79 Å². The third kappa shape index (κ3) is 3.38. The number of thiophene rings is 1. The molecule has 1 aromatic rings. The monoisotopic (exact) mass is 233 g/mol. The van der Waals surface area contributed by atoms with Gasteiger partial charge in [-0.25, -0.2) is 0 Å². The van der Waals surface area contributed by atoms with Crippen LogP contribution in [0.4, 0.5) is 0 Å². The smallest absolute Gasteiger partial charge is 0.165 e. The second-order valence-electron chi connectivity index (χ2n) is 2.98. The lowest BCUT2D eigenvalue weighted by Gasteiger charge is -2.07. The Balaban J connectivity index is 2.50. The topological polar surface area (TPSA) is 52.3 Å². The van der Waals surface area contributed by atoms with Gasteiger partial charge in [-0.2, -0.15) is 0 Å². The van der Waals surface area contributed by atoms with Crippen LogP contribution in [0.3, 0.4) is 0 Å². The number of carbonyl (C=O) groups is 1. The second-order valence-corrected chi connectivity index (χ2v) is 4.52. The van der Waals surface area contributed by atoms with Crippen LogP contribution in [-0.4, -0.2) is 25.5 Å². The van der Waals surface area contributed by atoms with E-state index in [0.717, 1.165) is 0 Å². The molecule has 3 nitrogen and oxygen atoms in total. The number of nitrogens with two attached hydrogens (primary N) is 1. The predicted octanol–water partition coefficient (Wildman–Crippen LogP) is 1.95. The van der Waals surface area contributed by atoms with E-state index in [4.69, 9.17) is 22.1 Å². The zero-order chi connectivity index (χ0) is 10.6. The van der Waals surface area contributed by atoms with E-state index in [1.165, 1.54) is 11.3 Å². The van der Waals surface area contributed by atoms with Crippen molar-refractivity contribution in [2.24, 2.45) is 5.73 Å². The minimum absolute atomic E-state index is 0.0118. The minimum Gasteiger partial charge on any atom is -0.383 e. The van der Waals surface area contributed by atoms with Crippen LogP contribution < -0.4 is 5.73 Å². The standard InChI is InChI=1S/C9H12ClNO2S/c1-13-4-7(11)3-8(12)6-2-9(10)14-5-6/h2,5,7H,3-4,11H2,1H3. The second kappa shape index (κ2) is 5.46. The largest absolute Gasteiger partial charge is 0.383 e. The highest BCUT2D eigenvalue weighted by Gasteiger charge is 2.12. The quantitative estimate of drug-likeness (QED) is 0.791. The van der Waals surface area contributed by atoms with E-state index in [2.05, 4.69) is 0 Å². The van der Waals surface area contributed by atoms with Crippen molar-refractivity contribution in [1.29, 1.82) is 0 Å². The fourth-order valence-electron chi connectivity index (χ4n) is 1.09. The number of methoxy groups -OCH3 is 1. The maximum atomic E-state index is 11.6. The fourth-order valence-corrected chi connectivity index (χ4v) is 1.97. The molecule has 0 radical (unpaired) electrons. The molecule has 0 aliphatic rings. The van der Waals surface area contributed by atoms with Crippen LogP contribution in [0.5, 0.6) is 0 Å². The number of halogens is 1. The van der Waals surface area contributed by atoms with E-state index in [0.29, 0.717) is 22.9 Å². The van der Waals surface area contributed by atoms with Crippen molar-refractivity contribution >= 4 is 28.7 Å². The first kappa shape index (κ1) is 11.7. The average molecular weight is 234 g/mol. The normalized spacial score (nSPS) is 12.8. The third-order valence-electron chi connectivity index (χ3n) is 1.72. The van der Waals surface area contributed by atoms with Crippen LogP contribution in [-0.2, 0) is 4.74 Å². The number of Topliss-reactive ketones (excluding diaryl/α,β-unsaturated/α-hetero) is 1. The maximum Gasteiger partial charge on any atom is 0.165 e. The van der Waals surface area contributed by atoms with Gasteiger partial charge in [0.25, 0.3) is 0 Å². The van der Waals surface area contributed by atoms with E-state index in [-0.39, 0.29) is 11.8 Å². The zero-order valence-corrected chi connectivity index (χ0v) is 9.40. The SMILES string of the molecule is COCC(N)CC(=O)c1csc(Cl)c1. The van der Waals surface area contributed by atoms with Crippen molar-refractivity contribution in [2.75, 3.05) is 13.7 Å². The highest BCUT2D eigenvalue weighted by atomic mass is 35.5. The third-order valence-corrected chi connectivity index (χ3v) is 2.81. The van der Waals surface area contributed by atoms with Crippen molar-refractivity contribution in [3.63, 3.8) is 0 Å². The van der Waals surface area contributed by atoms with Crippen LogP contribution in [0.2, 0.25) is 4.34 Å². The molecule has 2 N–H and O–H groups in total. The van der Waals surface area contributed by atoms with E-state index >= 15 is 0 Å². The lowest BCUT2D eigenvalue weighted by atomic mass is 10.1. The molecule has 0 aromatic carbocycles. The van der Waals surface area contributed by atoms with Gasteiger partial charge in [-0.3, -0.25) is 4.79 Å². The fraction of sp³-hybridized carbons (Fsp3) is 0.444. The van der Waals surface area contributed by atoms with Crippen molar-refractivity contribution in [1.82, 2.24) is 0 Å². The summed E-state index contributed by atoms with van der Waals surface area (Å²) in [6.07, 6.45) is 0.293. The molecular formula is C9H12ClNO2S. The first-order valence-corrected chi connectivity index (χ1v) is 5.41. The van der Waals surface area contributed by atoms with Gasteiger partial charge in [-0.1, -0.05) is 11.6 Å². The van der Waals surface area contributed by atoms with Gasteiger partial charge < -0.3 is 10.5 Å². The molecule has 0 aliphatic carbocycles. The molecule has 1 unspecified atom stereocenters. The van der Waals surface area contributed by atoms with E-state index in [1.54, 1.807) is 18.6 Å². The Bertz CT molecular complexity index is 314. The molecule has 1 rings (SSSR count). The average Bonchev–Trinajstić information content (AvgIpc) is 2.52. The highest BCUT2D eigenvalue weighted by molar-refractivity contribution is 7.14. The number of hydrogen-bond donors (Lipinski definition) is 1. The Morgan fingerprint density at radius 3 is 3.00 bits per heavy atom. The Hall–Kier alpha value is -0.420. The molecule has 0 bridgehead atoms. The number of rotatable bonds is 5. The summed E-state index contributed by atoms with van der Waals surface area (Å²) in [7, 11) is 1.56. The van der Waals surface area contributed by atoms with Crippen LogP contribution >= 0.6 is 22.9 Å². The van der Waals surface area contributed by atoms with Crippen LogP contribution in [0.25, 0.3) is 0 Å². The molecule has 1 aromatic heterocycles. The van der Waals surface area contributed by atoms with Gasteiger partial charge in [0.2, 0.25) is 0 Å². The Morgan fingerprint density at radius 2 is 2.50 bits per heavy atom. The van der Waals surface area contributed by atoms with Crippen molar-refractivity contribution in [2.45, 2.75) is 12.5 Å². The summed E-state index contributed by atoms with van der Waals surface area (Å²) >= 11 is 7.06. The molecule has 78 valence electrons. The molecule has 0 spiro atoms. The maximum absolute atomic E-state index is 11.6. The van der Waals surface area contributed by atoms with Crippen molar-refractivity contribution < 1.29 is 9.53 Å². The molecule has 0 amide bonds. The van der Waals surface area contributed by atoms with E-state index < -0.39 is 0 Å². The summed E-state index contributed by atoms with van der Waals surface area (Å²) in [6.45, 7) is 0.392. The Morgan fingerprint density at radius 1 is 1.79 bits per heavy atom. The van der Waals surface area contributed by atoms with Gasteiger partial charge in [0.1, 0.15) is 0 Å². The molecule has 0 saturated heterocycles. The molecule has 5 heteroatoms. The van der Waals surface area contributed by atoms with Crippen LogP contribution in [0.15, 0.2) is 11.4 Å². The summed E-state index contributed by atoms with van der Waals surface area (Å²) in [5.74, 6) is 0.0118. The van der Waals surface area contributed by atoms with Gasteiger partial charge in [-0.05, 0) is 6.07 Å². The summed E-state index contributed by atoms with van der Waals surface area (Å²) in [4.78, 5) is 11.6. The van der Waals surface area contributed by atoms with Gasteiger partial charge in [0, 0.05) is 30.5 Å². The number of ketones is 1. The summed E-state index contributed by atoms with van der Waals surface area (Å²) < 4.78 is 5.46. The highest BCUT2D eigenvalue weighted by Crippen LogP contribution is 2.21. The van der Waals surface area contributed by atoms with E-state index in [1.807, 2.05) is 0 Å². The first-order valence-electron chi connectivity index (χ1n) is 4.15. The minimum atomic E-state index is -0.244. The number of carbonyl (C=O) groups excluding carboxylic acids is 1. The van der Waals surface area contributed by atoms with Crippen molar-refractivity contribution in [3.05, 3.63) is 21.3 Å². The molecule has 0 saturated carbocycles. The Kier molecular flexibility index (Phi) is 4.54. The molecular weight excluding hydrogens is 222 g/mol. The van der Waals surface area contributed by atoms with Crippen LogP contribution in [0.1, 0.15) is 16.8 Å². The summed E-state index contributed by atoms with van der Waals surface area (Å²) in [5, 5.41) is 1.74. The van der Waals surface area contributed by atoms with Gasteiger partial charge in [0.05, 0.1) is 10.9 Å². The Labute approximate surface area is 91.8 Å². The molecule has 1 atom stereocenters. The van der Waals surface area contributed by atoms with Gasteiger partial charge in [-0.15, -0.1) is 11.3 Å². The summed E-state index contributed by atoms with van der Waals surface area (Å²) in [5.41, 5.74) is 6.28. The first-order chi connectivity index (χ1) is 6.63. The zero-order valence-electron chi connectivity index (χ0n) is 7.83. The van der Waals surface area contributed by atoms with Crippen LogP contribution in [0, 0.1) is 0 Å².